The summed E-state index contributed by atoms with van der Waals surface area (Å²) in [7, 11) is 0. The van der Waals surface area contributed by atoms with E-state index in [1.54, 1.807) is 6.92 Å². The van der Waals surface area contributed by atoms with Gasteiger partial charge in [0.05, 0.1) is 18.6 Å². The Hall–Kier alpha value is -1.55. The highest BCUT2D eigenvalue weighted by atomic mass is 16.5. The van der Waals surface area contributed by atoms with Gasteiger partial charge in [0.1, 0.15) is 5.75 Å². The molecular formula is C14H19NO3. The third kappa shape index (κ3) is 3.01. The number of ether oxygens (including phenoxy) is 1. The number of benzene rings is 1. The van der Waals surface area contributed by atoms with Gasteiger partial charge in [-0.25, -0.2) is 0 Å². The third-order valence-electron chi connectivity index (χ3n) is 3.14. The summed E-state index contributed by atoms with van der Waals surface area (Å²) in [6.45, 7) is 2.80. The molecule has 1 aromatic carbocycles. The van der Waals surface area contributed by atoms with E-state index < -0.39 is 0 Å². The summed E-state index contributed by atoms with van der Waals surface area (Å²) >= 11 is 0. The minimum absolute atomic E-state index is 0.0198. The predicted molar refractivity (Wildman–Crippen MR) is 68.6 cm³/mol. The Morgan fingerprint density at radius 3 is 3.11 bits per heavy atom. The summed E-state index contributed by atoms with van der Waals surface area (Å²) in [5.41, 5.74) is 0.957. The van der Waals surface area contributed by atoms with Crippen LogP contribution in [0.25, 0.3) is 0 Å². The molecular weight excluding hydrogens is 230 g/mol. The van der Waals surface area contributed by atoms with Crippen LogP contribution in [0.3, 0.4) is 0 Å². The fourth-order valence-electron chi connectivity index (χ4n) is 2.14. The highest BCUT2D eigenvalue weighted by Crippen LogP contribution is 2.33. The van der Waals surface area contributed by atoms with Crippen LogP contribution in [0.5, 0.6) is 5.75 Å². The summed E-state index contributed by atoms with van der Waals surface area (Å²) < 4.78 is 5.53. The second-order valence-corrected chi connectivity index (χ2v) is 4.66. The minimum atomic E-state index is -0.382. The van der Waals surface area contributed by atoms with Crippen molar-refractivity contribution in [2.24, 2.45) is 0 Å². The molecule has 98 valence electrons. The number of aliphatic hydroxyl groups excluding tert-OH is 1. The first-order valence-electron chi connectivity index (χ1n) is 6.36. The van der Waals surface area contributed by atoms with Crippen molar-refractivity contribution in [3.05, 3.63) is 29.8 Å². The lowest BCUT2D eigenvalue weighted by Crippen LogP contribution is -2.33. The van der Waals surface area contributed by atoms with Crippen molar-refractivity contribution in [1.29, 1.82) is 0 Å². The number of rotatable bonds is 4. The van der Waals surface area contributed by atoms with Crippen LogP contribution in [-0.2, 0) is 4.79 Å². The lowest BCUT2D eigenvalue weighted by atomic mass is 9.92. The van der Waals surface area contributed by atoms with Gasteiger partial charge in [-0.2, -0.15) is 0 Å². The van der Waals surface area contributed by atoms with Crippen LogP contribution in [-0.4, -0.2) is 30.3 Å². The average molecular weight is 249 g/mol. The molecule has 4 nitrogen and oxygen atoms in total. The van der Waals surface area contributed by atoms with Crippen molar-refractivity contribution in [3.63, 3.8) is 0 Å². The van der Waals surface area contributed by atoms with Gasteiger partial charge in [0.15, 0.2) is 0 Å². The molecule has 1 heterocycles. The van der Waals surface area contributed by atoms with E-state index in [0.717, 1.165) is 11.3 Å². The molecule has 1 aliphatic rings. The topological polar surface area (TPSA) is 58.6 Å². The number of hydrogen-bond donors (Lipinski definition) is 2. The Bertz CT molecular complexity index is 417. The molecule has 2 rings (SSSR count). The lowest BCUT2D eigenvalue weighted by molar-refractivity contribution is -0.123. The quantitative estimate of drug-likeness (QED) is 0.849. The zero-order valence-electron chi connectivity index (χ0n) is 10.6. The first-order chi connectivity index (χ1) is 8.68. The number of amides is 1. The van der Waals surface area contributed by atoms with E-state index in [0.29, 0.717) is 26.0 Å². The minimum Gasteiger partial charge on any atom is -0.493 e. The van der Waals surface area contributed by atoms with Crippen molar-refractivity contribution in [1.82, 2.24) is 5.32 Å². The molecule has 0 fully saturated rings. The summed E-state index contributed by atoms with van der Waals surface area (Å²) in [6.07, 6.45) is 0.904. The molecule has 0 radical (unpaired) electrons. The van der Waals surface area contributed by atoms with Crippen LogP contribution in [0.2, 0.25) is 0 Å². The molecule has 1 aliphatic heterocycles. The van der Waals surface area contributed by atoms with Gasteiger partial charge >= 0.3 is 0 Å². The van der Waals surface area contributed by atoms with E-state index in [1.165, 1.54) is 0 Å². The normalized spacial score (nSPS) is 19.6. The maximum absolute atomic E-state index is 12.1. The van der Waals surface area contributed by atoms with E-state index in [-0.39, 0.29) is 17.9 Å². The average Bonchev–Trinajstić information content (AvgIpc) is 2.37. The number of para-hydroxylation sites is 1. The van der Waals surface area contributed by atoms with Crippen molar-refractivity contribution in [2.75, 3.05) is 13.2 Å². The number of carbonyl (C=O) groups is 1. The molecule has 2 N–H and O–H groups in total. The lowest BCUT2D eigenvalue weighted by Gasteiger charge is -2.25. The molecule has 1 amide bonds. The van der Waals surface area contributed by atoms with E-state index >= 15 is 0 Å². The summed E-state index contributed by atoms with van der Waals surface area (Å²) in [6, 6.07) is 7.66. The first-order valence-corrected chi connectivity index (χ1v) is 6.36. The molecule has 1 aromatic rings. The van der Waals surface area contributed by atoms with E-state index in [4.69, 9.17) is 9.84 Å². The molecule has 0 spiro atoms. The van der Waals surface area contributed by atoms with Gasteiger partial charge in [-0.3, -0.25) is 4.79 Å². The second kappa shape index (κ2) is 5.87. The van der Waals surface area contributed by atoms with E-state index in [9.17, 15) is 4.79 Å². The third-order valence-corrected chi connectivity index (χ3v) is 3.14. The number of aliphatic hydroxyl groups is 1. The van der Waals surface area contributed by atoms with E-state index in [2.05, 4.69) is 5.32 Å². The SMILES string of the molecule is CC(O)CCNC(=O)C1CCOc2ccccc21. The Labute approximate surface area is 107 Å². The van der Waals surface area contributed by atoms with Crippen LogP contribution in [0.1, 0.15) is 31.2 Å². The van der Waals surface area contributed by atoms with Crippen molar-refractivity contribution < 1.29 is 14.6 Å². The second-order valence-electron chi connectivity index (χ2n) is 4.66. The van der Waals surface area contributed by atoms with Crippen LogP contribution >= 0.6 is 0 Å². The van der Waals surface area contributed by atoms with Gasteiger partial charge in [0, 0.05) is 12.1 Å². The Morgan fingerprint density at radius 2 is 2.33 bits per heavy atom. The van der Waals surface area contributed by atoms with Crippen molar-refractivity contribution in [2.45, 2.75) is 31.8 Å². The molecule has 2 atom stereocenters. The standard InChI is InChI=1S/C14H19NO3/c1-10(16)6-8-15-14(17)12-7-9-18-13-5-3-2-4-11(12)13/h2-5,10,12,16H,6-9H2,1H3,(H,15,17). The molecule has 18 heavy (non-hydrogen) atoms. The van der Waals surface area contributed by atoms with Crippen LogP contribution < -0.4 is 10.1 Å². The van der Waals surface area contributed by atoms with Crippen LogP contribution in [0, 0.1) is 0 Å². The molecule has 0 aliphatic carbocycles. The maximum atomic E-state index is 12.1. The Morgan fingerprint density at radius 1 is 1.56 bits per heavy atom. The van der Waals surface area contributed by atoms with Gasteiger partial charge < -0.3 is 15.2 Å². The smallest absolute Gasteiger partial charge is 0.227 e. The van der Waals surface area contributed by atoms with Crippen LogP contribution in [0.15, 0.2) is 24.3 Å². The number of carbonyl (C=O) groups excluding carboxylic acids is 1. The fourth-order valence-corrected chi connectivity index (χ4v) is 2.14. The highest BCUT2D eigenvalue weighted by molar-refractivity contribution is 5.84. The number of fused-ring (bicyclic) bond motifs is 1. The molecule has 0 saturated carbocycles. The van der Waals surface area contributed by atoms with Gasteiger partial charge in [-0.05, 0) is 25.8 Å². The Kier molecular flexibility index (Phi) is 4.20. The monoisotopic (exact) mass is 249 g/mol. The predicted octanol–water partition coefficient (Wildman–Crippen LogP) is 1.44. The molecule has 0 aromatic heterocycles. The zero-order chi connectivity index (χ0) is 13.0. The zero-order valence-corrected chi connectivity index (χ0v) is 10.6. The Balaban J connectivity index is 1.99. The molecule has 0 bridgehead atoms. The van der Waals surface area contributed by atoms with Crippen molar-refractivity contribution in [3.8, 4) is 5.75 Å². The molecule has 4 heteroatoms. The highest BCUT2D eigenvalue weighted by Gasteiger charge is 2.26. The maximum Gasteiger partial charge on any atom is 0.227 e. The van der Waals surface area contributed by atoms with Crippen molar-refractivity contribution >= 4 is 5.91 Å². The molecule has 0 saturated heterocycles. The number of nitrogens with one attached hydrogen (secondary N) is 1. The van der Waals surface area contributed by atoms with Crippen LogP contribution in [0.4, 0.5) is 0 Å². The largest absolute Gasteiger partial charge is 0.493 e. The van der Waals surface area contributed by atoms with Gasteiger partial charge in [-0.15, -0.1) is 0 Å². The van der Waals surface area contributed by atoms with E-state index in [1.807, 2.05) is 24.3 Å². The van der Waals surface area contributed by atoms with Gasteiger partial charge in [-0.1, -0.05) is 18.2 Å². The van der Waals surface area contributed by atoms with Gasteiger partial charge in [0.25, 0.3) is 0 Å². The number of hydrogen-bond acceptors (Lipinski definition) is 3. The summed E-state index contributed by atoms with van der Waals surface area (Å²) in [5, 5.41) is 12.0. The fraction of sp³-hybridized carbons (Fsp3) is 0.500. The first kappa shape index (κ1) is 12.9. The van der Waals surface area contributed by atoms with Gasteiger partial charge in [0.2, 0.25) is 5.91 Å². The summed E-state index contributed by atoms with van der Waals surface area (Å²) in [5.74, 6) is 0.690. The summed E-state index contributed by atoms with van der Waals surface area (Å²) in [4.78, 5) is 12.1. The molecule has 2 unspecified atom stereocenters.